The highest BCUT2D eigenvalue weighted by molar-refractivity contribution is 7.18. The molecule has 1 aliphatic rings. The van der Waals surface area contributed by atoms with Gasteiger partial charge in [0.1, 0.15) is 11.3 Å². The number of hydrogen-bond donors (Lipinski definition) is 1. The molecule has 4 aromatic rings. The van der Waals surface area contributed by atoms with Gasteiger partial charge in [0.2, 0.25) is 5.78 Å². The number of Topliss-reactive ketones (excluding diaryl/α,β-unsaturated/α-hetero) is 1. The molecule has 0 radical (unpaired) electrons. The Morgan fingerprint density at radius 3 is 2.73 bits per heavy atom. The number of anilines is 1. The highest BCUT2D eigenvalue weighted by Gasteiger charge is 2.40. The predicted octanol–water partition coefficient (Wildman–Crippen LogP) is 4.90. The molecule has 2 aromatic heterocycles. The Kier molecular flexibility index (Phi) is 4.04. The van der Waals surface area contributed by atoms with Crippen molar-refractivity contribution in [2.24, 2.45) is 0 Å². The van der Waals surface area contributed by atoms with Crippen LogP contribution in [-0.2, 0) is 4.79 Å². The van der Waals surface area contributed by atoms with Gasteiger partial charge < -0.3 is 14.5 Å². The van der Waals surface area contributed by atoms with E-state index in [4.69, 9.17) is 9.15 Å². The Morgan fingerprint density at radius 1 is 1.10 bits per heavy atom. The molecule has 1 N–H and O–H groups in total. The van der Waals surface area contributed by atoms with Crippen LogP contribution in [0.1, 0.15) is 24.4 Å². The van der Waals surface area contributed by atoms with Crippen LogP contribution in [0.4, 0.5) is 5.69 Å². The maximum absolute atomic E-state index is 13.2. The highest BCUT2D eigenvalue weighted by Crippen LogP contribution is 2.41. The summed E-state index contributed by atoms with van der Waals surface area (Å²) in [6.45, 7) is 5.42. The zero-order valence-corrected chi connectivity index (χ0v) is 17.4. The van der Waals surface area contributed by atoms with Crippen molar-refractivity contribution in [3.63, 3.8) is 0 Å². The van der Waals surface area contributed by atoms with Crippen LogP contribution in [0.2, 0.25) is 0 Å². The number of aryl methyl sites for hydroxylation is 1. The van der Waals surface area contributed by atoms with E-state index < -0.39 is 11.2 Å². The SMILES string of the molecule is Cc1nc2ccc(NC=C3C(=O)C(C)(C)Oc4ccc5ccc(=O)oc5c43)cc2s1. The maximum atomic E-state index is 13.2. The summed E-state index contributed by atoms with van der Waals surface area (Å²) in [7, 11) is 0. The second kappa shape index (κ2) is 6.53. The number of carbonyl (C=O) groups is 1. The fourth-order valence-corrected chi connectivity index (χ4v) is 4.50. The van der Waals surface area contributed by atoms with Crippen molar-refractivity contribution in [1.82, 2.24) is 4.98 Å². The maximum Gasteiger partial charge on any atom is 0.336 e. The van der Waals surface area contributed by atoms with Crippen LogP contribution in [0.3, 0.4) is 0 Å². The van der Waals surface area contributed by atoms with E-state index in [0.717, 1.165) is 26.3 Å². The molecule has 0 saturated carbocycles. The molecule has 0 atom stereocenters. The van der Waals surface area contributed by atoms with Crippen LogP contribution >= 0.6 is 11.3 Å². The van der Waals surface area contributed by atoms with E-state index >= 15 is 0 Å². The van der Waals surface area contributed by atoms with Crippen molar-refractivity contribution < 1.29 is 13.9 Å². The third-order valence-corrected chi connectivity index (χ3v) is 5.99. The molecule has 0 unspecified atom stereocenters. The van der Waals surface area contributed by atoms with Gasteiger partial charge in [-0.05, 0) is 57.2 Å². The average molecular weight is 418 g/mol. The first-order valence-corrected chi connectivity index (χ1v) is 10.3. The van der Waals surface area contributed by atoms with Gasteiger partial charge in [-0.2, -0.15) is 0 Å². The van der Waals surface area contributed by atoms with Crippen molar-refractivity contribution in [1.29, 1.82) is 0 Å². The van der Waals surface area contributed by atoms with E-state index in [9.17, 15) is 9.59 Å². The normalized spacial score (nSPS) is 16.6. The van der Waals surface area contributed by atoms with Gasteiger partial charge in [0.15, 0.2) is 5.60 Å². The summed E-state index contributed by atoms with van der Waals surface area (Å²) in [4.78, 5) is 29.5. The number of fused-ring (bicyclic) bond motifs is 4. The molecule has 5 rings (SSSR count). The first-order valence-electron chi connectivity index (χ1n) is 9.47. The number of aromatic nitrogens is 1. The second-order valence-corrected chi connectivity index (χ2v) is 8.91. The number of hydrogen-bond acceptors (Lipinski definition) is 7. The van der Waals surface area contributed by atoms with Crippen LogP contribution in [0.5, 0.6) is 5.75 Å². The molecule has 0 bridgehead atoms. The number of ether oxygens (including phenoxy) is 1. The molecular formula is C23H18N2O4S. The van der Waals surface area contributed by atoms with Gasteiger partial charge in [0.05, 0.1) is 26.4 Å². The number of benzene rings is 2. The summed E-state index contributed by atoms with van der Waals surface area (Å²) < 4.78 is 12.5. The van der Waals surface area contributed by atoms with Gasteiger partial charge in [-0.1, -0.05) is 0 Å². The summed E-state index contributed by atoms with van der Waals surface area (Å²) >= 11 is 1.61. The number of nitrogens with one attached hydrogen (secondary N) is 1. The van der Waals surface area contributed by atoms with E-state index in [1.165, 1.54) is 6.07 Å². The smallest absolute Gasteiger partial charge is 0.336 e. The largest absolute Gasteiger partial charge is 0.479 e. The van der Waals surface area contributed by atoms with Crippen LogP contribution in [-0.4, -0.2) is 16.4 Å². The summed E-state index contributed by atoms with van der Waals surface area (Å²) in [5, 5.41) is 4.94. The Balaban J connectivity index is 1.66. The van der Waals surface area contributed by atoms with Crippen molar-refractivity contribution in [2.45, 2.75) is 26.4 Å². The molecule has 0 aliphatic carbocycles. The first kappa shape index (κ1) is 18.6. The number of carbonyl (C=O) groups excluding carboxylic acids is 1. The first-order chi connectivity index (χ1) is 14.3. The van der Waals surface area contributed by atoms with Crippen molar-refractivity contribution in [3.05, 3.63) is 69.7 Å². The zero-order chi connectivity index (χ0) is 21.0. The monoisotopic (exact) mass is 418 g/mol. The zero-order valence-electron chi connectivity index (χ0n) is 16.6. The molecule has 150 valence electrons. The summed E-state index contributed by atoms with van der Waals surface area (Å²) in [6, 6.07) is 12.5. The molecule has 3 heterocycles. The topological polar surface area (TPSA) is 81.4 Å². The van der Waals surface area contributed by atoms with E-state index in [-0.39, 0.29) is 5.78 Å². The Morgan fingerprint density at radius 2 is 1.90 bits per heavy atom. The summed E-state index contributed by atoms with van der Waals surface area (Å²) in [6.07, 6.45) is 1.66. The Hall–Kier alpha value is -3.45. The molecule has 6 nitrogen and oxygen atoms in total. The third-order valence-electron chi connectivity index (χ3n) is 5.06. The van der Waals surface area contributed by atoms with Gasteiger partial charge in [-0.25, -0.2) is 9.78 Å². The predicted molar refractivity (Wildman–Crippen MR) is 118 cm³/mol. The number of thiazole rings is 1. The standard InChI is InChI=1S/C23H18N2O4S/c1-12-25-16-7-6-14(10-18(16)30-12)24-11-15-20-17(29-23(2,3)22(15)27)8-4-13-5-9-19(26)28-21(13)20/h4-11,24H,1-3H3. The quantitative estimate of drug-likeness (QED) is 0.368. The van der Waals surface area contributed by atoms with Crippen LogP contribution in [0.25, 0.3) is 26.8 Å². The lowest BCUT2D eigenvalue weighted by Gasteiger charge is -2.32. The van der Waals surface area contributed by atoms with E-state index in [1.54, 1.807) is 43.5 Å². The van der Waals surface area contributed by atoms with Crippen molar-refractivity contribution >= 4 is 49.6 Å². The van der Waals surface area contributed by atoms with Crippen molar-refractivity contribution in [2.75, 3.05) is 5.32 Å². The highest BCUT2D eigenvalue weighted by atomic mass is 32.1. The van der Waals surface area contributed by atoms with Crippen LogP contribution in [0, 0.1) is 6.92 Å². The van der Waals surface area contributed by atoms with Crippen LogP contribution in [0.15, 0.2) is 57.9 Å². The van der Waals surface area contributed by atoms with Gasteiger partial charge in [0.25, 0.3) is 0 Å². The minimum Gasteiger partial charge on any atom is -0.479 e. The lowest BCUT2D eigenvalue weighted by Crippen LogP contribution is -2.42. The molecule has 7 heteroatoms. The number of nitrogens with zero attached hydrogens (tertiary/aromatic N) is 1. The van der Waals surface area contributed by atoms with Gasteiger partial charge in [-0.3, -0.25) is 4.79 Å². The second-order valence-electron chi connectivity index (χ2n) is 7.67. The Labute approximate surface area is 175 Å². The number of rotatable bonds is 2. The van der Waals surface area contributed by atoms with Crippen molar-refractivity contribution in [3.8, 4) is 5.75 Å². The molecule has 0 saturated heterocycles. The molecule has 1 aliphatic heterocycles. The fraction of sp³-hybridized carbons (Fsp3) is 0.174. The minimum atomic E-state index is -1.04. The molecule has 30 heavy (non-hydrogen) atoms. The number of ketones is 1. The fourth-order valence-electron chi connectivity index (χ4n) is 3.64. The van der Waals surface area contributed by atoms with E-state index in [0.29, 0.717) is 22.5 Å². The molecular weight excluding hydrogens is 400 g/mol. The summed E-state index contributed by atoms with van der Waals surface area (Å²) in [5.74, 6) is 0.305. The average Bonchev–Trinajstić information content (AvgIpc) is 3.07. The van der Waals surface area contributed by atoms with E-state index in [2.05, 4.69) is 10.3 Å². The summed E-state index contributed by atoms with van der Waals surface area (Å²) in [5.41, 5.74) is 1.48. The molecule has 0 fully saturated rings. The lowest BCUT2D eigenvalue weighted by molar-refractivity contribution is -0.126. The molecule has 0 amide bonds. The lowest BCUT2D eigenvalue weighted by atomic mass is 9.87. The van der Waals surface area contributed by atoms with E-state index in [1.807, 2.05) is 31.2 Å². The van der Waals surface area contributed by atoms with Gasteiger partial charge >= 0.3 is 5.63 Å². The molecule has 2 aromatic carbocycles. The van der Waals surface area contributed by atoms with Gasteiger partial charge in [0, 0.05) is 23.3 Å². The molecule has 0 spiro atoms. The Bertz CT molecular complexity index is 1430. The minimum absolute atomic E-state index is 0.198. The third kappa shape index (κ3) is 2.98. The van der Waals surface area contributed by atoms with Crippen LogP contribution < -0.4 is 15.7 Å². The van der Waals surface area contributed by atoms with Gasteiger partial charge in [-0.15, -0.1) is 11.3 Å².